The standard InChI is InChI=1S/C51H82N2O2/c1-9-10-11-14-18-29-53(37-42-22-26-46(55-8)27-23-42)51-33-38(2)30-43(35-51)47(39(3)34-51)19-16-13-12-15-17-28-52(36-41-20-24-45(54-7)25-21-41)49-32-44-31-48(40(49)4)50(44,5)6/h20-27,38-40,43-44,47-49H,9-19,28-37H2,1-8H3/t38?,39?,40-,43?,44+,47?,48-,49-,51?/m1/s1. The third kappa shape index (κ3) is 10.3. The maximum Gasteiger partial charge on any atom is 0.118 e. The Labute approximate surface area is 338 Å². The maximum atomic E-state index is 5.51. The van der Waals surface area contributed by atoms with Gasteiger partial charge in [-0.3, -0.25) is 9.80 Å². The third-order valence-electron chi connectivity index (χ3n) is 16.2. The first-order valence-electron chi connectivity index (χ1n) is 23.3. The van der Waals surface area contributed by atoms with Crippen molar-refractivity contribution in [2.24, 2.45) is 46.8 Å². The second kappa shape index (κ2) is 19.6. The number of hydrogen-bond donors (Lipinski definition) is 0. The van der Waals surface area contributed by atoms with E-state index in [1.807, 2.05) is 0 Å². The molecule has 5 fully saturated rings. The Morgan fingerprint density at radius 3 is 1.87 bits per heavy atom. The molecule has 0 heterocycles. The molecule has 0 amide bonds. The molecule has 0 radical (unpaired) electrons. The number of fused-ring (bicyclic) bond motifs is 4. The highest BCUT2D eigenvalue weighted by Crippen LogP contribution is 2.62. The molecule has 5 aliphatic carbocycles. The van der Waals surface area contributed by atoms with E-state index >= 15 is 0 Å². The van der Waals surface area contributed by atoms with E-state index in [0.717, 1.165) is 72.1 Å². The molecule has 0 N–H and O–H groups in total. The second-order valence-electron chi connectivity index (χ2n) is 20.2. The summed E-state index contributed by atoms with van der Waals surface area (Å²) in [6.45, 7) is 19.9. The number of nitrogens with zero attached hydrogens (tertiary/aromatic N) is 2. The van der Waals surface area contributed by atoms with Gasteiger partial charge < -0.3 is 9.47 Å². The SMILES string of the molecule is CCCCCCCN(Cc1ccc(OC)cc1)C12CC(C)CC(C1)C(CCCCCCCN(Cc1ccc(OC)cc1)[C@@H]1C[C@@H]3C[C@H]([C@H]1C)C3(C)C)C(C)C2. The normalized spacial score (nSPS) is 31.0. The summed E-state index contributed by atoms with van der Waals surface area (Å²) < 4.78 is 11.0. The molecule has 4 bridgehead atoms. The summed E-state index contributed by atoms with van der Waals surface area (Å²) in [7, 11) is 3.55. The highest BCUT2D eigenvalue weighted by molar-refractivity contribution is 5.28. The molecule has 55 heavy (non-hydrogen) atoms. The molecule has 7 rings (SSSR count). The Balaban J connectivity index is 1.00. The number of unbranched alkanes of at least 4 members (excludes halogenated alkanes) is 8. The minimum atomic E-state index is 0.368. The molecule has 5 saturated carbocycles. The topological polar surface area (TPSA) is 24.9 Å². The average molecular weight is 755 g/mol. The number of rotatable bonds is 22. The summed E-state index contributed by atoms with van der Waals surface area (Å²) in [5.41, 5.74) is 3.79. The third-order valence-corrected chi connectivity index (χ3v) is 16.2. The van der Waals surface area contributed by atoms with Gasteiger partial charge in [0.15, 0.2) is 0 Å². The summed E-state index contributed by atoms with van der Waals surface area (Å²) in [6.07, 6.45) is 23.7. The van der Waals surface area contributed by atoms with Gasteiger partial charge in [-0.1, -0.05) is 117 Å². The predicted molar refractivity (Wildman–Crippen MR) is 233 cm³/mol. The molecule has 5 aliphatic rings. The zero-order valence-electron chi connectivity index (χ0n) is 36.8. The maximum absolute atomic E-state index is 5.51. The first-order valence-corrected chi connectivity index (χ1v) is 23.3. The van der Waals surface area contributed by atoms with Crippen LogP contribution in [-0.4, -0.2) is 48.7 Å². The van der Waals surface area contributed by atoms with Crippen LogP contribution in [0.3, 0.4) is 0 Å². The zero-order valence-corrected chi connectivity index (χ0v) is 36.8. The van der Waals surface area contributed by atoms with E-state index in [2.05, 4.69) is 99.9 Å². The van der Waals surface area contributed by atoms with Crippen LogP contribution < -0.4 is 9.47 Å². The second-order valence-corrected chi connectivity index (χ2v) is 20.2. The van der Waals surface area contributed by atoms with E-state index in [1.54, 1.807) is 14.2 Å². The Morgan fingerprint density at radius 2 is 1.25 bits per heavy atom. The van der Waals surface area contributed by atoms with Crippen LogP contribution in [0.25, 0.3) is 0 Å². The van der Waals surface area contributed by atoms with E-state index < -0.39 is 0 Å². The molecular formula is C51H82N2O2. The van der Waals surface area contributed by atoms with Crippen LogP contribution in [0.1, 0.15) is 162 Å². The largest absolute Gasteiger partial charge is 0.497 e. The lowest BCUT2D eigenvalue weighted by Crippen LogP contribution is -2.60. The van der Waals surface area contributed by atoms with Crippen molar-refractivity contribution in [3.63, 3.8) is 0 Å². The molecule has 0 saturated heterocycles. The first-order chi connectivity index (χ1) is 26.6. The van der Waals surface area contributed by atoms with E-state index in [0.29, 0.717) is 11.0 Å². The number of ether oxygens (including phenoxy) is 2. The Kier molecular flexibility index (Phi) is 15.2. The molecule has 4 heteroatoms. The summed E-state index contributed by atoms with van der Waals surface area (Å²) in [6, 6.07) is 18.6. The lowest BCUT2D eigenvalue weighted by atomic mass is 9.44. The van der Waals surface area contributed by atoms with E-state index in [1.165, 1.54) is 133 Å². The van der Waals surface area contributed by atoms with Gasteiger partial charge >= 0.3 is 0 Å². The summed E-state index contributed by atoms with van der Waals surface area (Å²) >= 11 is 0. The van der Waals surface area contributed by atoms with Gasteiger partial charge in [0.25, 0.3) is 0 Å². The van der Waals surface area contributed by atoms with Crippen molar-refractivity contribution in [2.45, 2.75) is 175 Å². The van der Waals surface area contributed by atoms with Crippen molar-refractivity contribution in [1.29, 1.82) is 0 Å². The van der Waals surface area contributed by atoms with Crippen molar-refractivity contribution >= 4 is 0 Å². The molecule has 2 aromatic carbocycles. The van der Waals surface area contributed by atoms with Crippen LogP contribution in [0, 0.1) is 46.8 Å². The predicted octanol–water partition coefficient (Wildman–Crippen LogP) is 13.2. The highest BCUT2D eigenvalue weighted by Gasteiger charge is 2.57. The number of hydrogen-bond acceptors (Lipinski definition) is 4. The molecule has 2 aromatic rings. The van der Waals surface area contributed by atoms with Gasteiger partial charge in [0.2, 0.25) is 0 Å². The van der Waals surface area contributed by atoms with Crippen molar-refractivity contribution in [1.82, 2.24) is 9.80 Å². The van der Waals surface area contributed by atoms with Crippen LogP contribution >= 0.6 is 0 Å². The minimum Gasteiger partial charge on any atom is -0.497 e. The van der Waals surface area contributed by atoms with Crippen LogP contribution in [0.15, 0.2) is 48.5 Å². The van der Waals surface area contributed by atoms with E-state index in [-0.39, 0.29) is 0 Å². The fourth-order valence-corrected chi connectivity index (χ4v) is 13.0. The number of benzene rings is 2. The zero-order chi connectivity index (χ0) is 39.0. The molecule has 5 unspecified atom stereocenters. The Hall–Kier alpha value is -2.04. The fourth-order valence-electron chi connectivity index (χ4n) is 13.0. The van der Waals surface area contributed by atoms with Crippen molar-refractivity contribution < 1.29 is 9.47 Å². The van der Waals surface area contributed by atoms with Gasteiger partial charge in [0.1, 0.15) is 11.5 Å². The van der Waals surface area contributed by atoms with Gasteiger partial charge in [0.05, 0.1) is 14.2 Å². The molecule has 0 spiro atoms. The van der Waals surface area contributed by atoms with Crippen LogP contribution in [0.5, 0.6) is 11.5 Å². The lowest BCUT2D eigenvalue weighted by molar-refractivity contribution is -0.140. The monoisotopic (exact) mass is 755 g/mol. The van der Waals surface area contributed by atoms with Crippen molar-refractivity contribution in [2.75, 3.05) is 27.3 Å². The first kappa shape index (κ1) is 42.6. The smallest absolute Gasteiger partial charge is 0.118 e. The molecule has 9 atom stereocenters. The summed E-state index contributed by atoms with van der Waals surface area (Å²) in [4.78, 5) is 5.89. The lowest BCUT2D eigenvalue weighted by Gasteiger charge is -2.63. The van der Waals surface area contributed by atoms with Gasteiger partial charge in [0, 0.05) is 24.7 Å². The molecule has 0 aromatic heterocycles. The minimum absolute atomic E-state index is 0.368. The summed E-state index contributed by atoms with van der Waals surface area (Å²) in [5.74, 6) is 7.97. The van der Waals surface area contributed by atoms with Gasteiger partial charge in [-0.25, -0.2) is 0 Å². The van der Waals surface area contributed by atoms with Gasteiger partial charge in [-0.05, 0) is 153 Å². The Morgan fingerprint density at radius 1 is 0.655 bits per heavy atom. The van der Waals surface area contributed by atoms with E-state index in [4.69, 9.17) is 9.47 Å². The van der Waals surface area contributed by atoms with E-state index in [9.17, 15) is 0 Å². The highest BCUT2D eigenvalue weighted by atomic mass is 16.5. The van der Waals surface area contributed by atoms with Gasteiger partial charge in [-0.15, -0.1) is 0 Å². The molecular weight excluding hydrogens is 673 g/mol. The molecule has 308 valence electrons. The van der Waals surface area contributed by atoms with Crippen molar-refractivity contribution in [3.05, 3.63) is 59.7 Å². The number of methoxy groups -OCH3 is 2. The Bertz CT molecular complexity index is 1420. The fraction of sp³-hybridized carbons (Fsp3) is 0.765. The quantitative estimate of drug-likeness (QED) is 0.112. The van der Waals surface area contributed by atoms with Crippen LogP contribution in [0.2, 0.25) is 0 Å². The summed E-state index contributed by atoms with van der Waals surface area (Å²) in [5, 5.41) is 0. The average Bonchev–Trinajstić information content (AvgIpc) is 3.17. The van der Waals surface area contributed by atoms with Crippen LogP contribution in [-0.2, 0) is 13.1 Å². The van der Waals surface area contributed by atoms with Gasteiger partial charge in [-0.2, -0.15) is 0 Å². The van der Waals surface area contributed by atoms with Crippen LogP contribution in [0.4, 0.5) is 0 Å². The molecule has 0 aliphatic heterocycles. The van der Waals surface area contributed by atoms with Crippen molar-refractivity contribution in [3.8, 4) is 11.5 Å². The molecule has 4 nitrogen and oxygen atoms in total.